The van der Waals surface area contributed by atoms with Crippen molar-refractivity contribution in [2.45, 2.75) is 56.3 Å². The van der Waals surface area contributed by atoms with Gasteiger partial charge in [0.1, 0.15) is 12.4 Å². The molecule has 4 aliphatic rings. The van der Waals surface area contributed by atoms with E-state index in [4.69, 9.17) is 23.7 Å². The molecule has 0 spiro atoms. The summed E-state index contributed by atoms with van der Waals surface area (Å²) < 4.78 is 46.5. The first-order valence-electron chi connectivity index (χ1n) is 21.1. The number of pyridine rings is 1. The number of rotatable bonds is 14. The standard InChI is InChI=1S/C37H51N7O4.C7H8O3S/c45-36(48-21-14-42-12-17-46-18-13-42)25-32(30-22-31(35-7-10-39-41-35)24-34(23-30)44-15-19-47-20-16-44)27-43-11-8-28(26-43)3-5-33-6-4-29-2-1-9-38-37(29)40-33;1-6-2-4-7(5-3-6)11(8,9)10/h4,6-7,10,22-24,28,32H,1-3,5,8-9,11-21,25-27H2,(H,38,40)(H,39,41);2-5H,1H3,(H,8,9,10)/t28-,32-;/m1./s1. The van der Waals surface area contributed by atoms with Gasteiger partial charge in [0.25, 0.3) is 10.1 Å². The smallest absolute Gasteiger partial charge is 0.306 e. The molecule has 2 atom stereocenters. The van der Waals surface area contributed by atoms with E-state index >= 15 is 0 Å². The van der Waals surface area contributed by atoms with Crippen LogP contribution in [0.2, 0.25) is 0 Å². The van der Waals surface area contributed by atoms with Crippen LogP contribution >= 0.6 is 0 Å². The second kappa shape index (κ2) is 20.7. The van der Waals surface area contributed by atoms with Gasteiger partial charge in [-0.1, -0.05) is 23.8 Å². The number of fused-ring (bicyclic) bond motifs is 1. The van der Waals surface area contributed by atoms with E-state index < -0.39 is 10.1 Å². The third kappa shape index (κ3) is 12.6. The minimum absolute atomic E-state index is 0.00989. The van der Waals surface area contributed by atoms with E-state index in [-0.39, 0.29) is 16.8 Å². The number of esters is 1. The average molecular weight is 830 g/mol. The summed E-state index contributed by atoms with van der Waals surface area (Å²) in [5, 5.41) is 10.9. The van der Waals surface area contributed by atoms with Crippen molar-refractivity contribution in [2.75, 3.05) is 102 Å². The van der Waals surface area contributed by atoms with Crippen LogP contribution < -0.4 is 10.2 Å². The Labute approximate surface area is 348 Å². The number of carbonyl (C=O) groups excluding carboxylic acids is 1. The Morgan fingerprint density at radius 1 is 0.966 bits per heavy atom. The molecule has 14 nitrogen and oxygen atoms in total. The predicted molar refractivity (Wildman–Crippen MR) is 228 cm³/mol. The zero-order chi connectivity index (χ0) is 41.0. The normalized spacial score (nSPS) is 19.3. The van der Waals surface area contributed by atoms with Crippen molar-refractivity contribution < 1.29 is 32.0 Å². The summed E-state index contributed by atoms with van der Waals surface area (Å²) in [5.41, 5.74) is 7.88. The van der Waals surface area contributed by atoms with Gasteiger partial charge in [-0.05, 0) is 105 Å². The molecule has 0 amide bonds. The molecule has 4 aliphatic heterocycles. The largest absolute Gasteiger partial charge is 0.464 e. The predicted octanol–water partition coefficient (Wildman–Crippen LogP) is 5.21. The lowest BCUT2D eigenvalue weighted by atomic mass is 9.92. The van der Waals surface area contributed by atoms with Crippen LogP contribution in [0, 0.1) is 12.8 Å². The third-order valence-electron chi connectivity index (χ3n) is 11.7. The molecule has 0 bridgehead atoms. The van der Waals surface area contributed by atoms with Crippen molar-refractivity contribution in [1.29, 1.82) is 0 Å². The fourth-order valence-corrected chi connectivity index (χ4v) is 8.78. The third-order valence-corrected chi connectivity index (χ3v) is 12.6. The molecule has 3 fully saturated rings. The van der Waals surface area contributed by atoms with Crippen molar-refractivity contribution in [2.24, 2.45) is 5.92 Å². The fourth-order valence-electron chi connectivity index (χ4n) is 8.30. The summed E-state index contributed by atoms with van der Waals surface area (Å²) in [5.74, 6) is 1.59. The van der Waals surface area contributed by atoms with Gasteiger partial charge >= 0.3 is 5.97 Å². The van der Waals surface area contributed by atoms with Crippen molar-refractivity contribution in [3.8, 4) is 11.3 Å². The zero-order valence-corrected chi connectivity index (χ0v) is 35.0. The highest BCUT2D eigenvalue weighted by Gasteiger charge is 2.28. The van der Waals surface area contributed by atoms with Gasteiger partial charge in [0.2, 0.25) is 0 Å². The average Bonchev–Trinajstić information content (AvgIpc) is 3.97. The molecule has 2 aromatic carbocycles. The van der Waals surface area contributed by atoms with Crippen LogP contribution in [0.25, 0.3) is 11.3 Å². The number of aromatic amines is 1. The van der Waals surface area contributed by atoms with Crippen molar-refractivity contribution >= 4 is 27.6 Å². The Hall–Kier alpha value is -4.38. The number of hydrogen-bond donors (Lipinski definition) is 3. The Morgan fingerprint density at radius 3 is 2.49 bits per heavy atom. The Morgan fingerprint density at radius 2 is 1.75 bits per heavy atom. The summed E-state index contributed by atoms with van der Waals surface area (Å²) >= 11 is 0. The maximum atomic E-state index is 13.4. The summed E-state index contributed by atoms with van der Waals surface area (Å²) in [4.78, 5) is 25.6. The molecule has 2 aromatic heterocycles. The second-order valence-corrected chi connectivity index (χ2v) is 17.5. The van der Waals surface area contributed by atoms with Crippen LogP contribution in [0.3, 0.4) is 0 Å². The van der Waals surface area contributed by atoms with Crippen LogP contribution in [0.15, 0.2) is 71.8 Å². The first kappa shape index (κ1) is 42.7. The SMILES string of the molecule is Cc1ccc(S(=O)(=O)O)cc1.O=C(C[C@H](CN1CC[C@@H](CCc2ccc3c(n2)NCCC3)C1)c1cc(-c2ccn[nH]2)cc(N2CCOCC2)c1)OCCN1CCOCC1. The number of benzene rings is 2. The molecule has 0 aliphatic carbocycles. The summed E-state index contributed by atoms with van der Waals surface area (Å²) in [6, 6.07) is 19.2. The van der Waals surface area contributed by atoms with Gasteiger partial charge < -0.3 is 29.3 Å². The van der Waals surface area contributed by atoms with Crippen LogP contribution in [0.4, 0.5) is 11.5 Å². The van der Waals surface area contributed by atoms with Gasteiger partial charge in [-0.15, -0.1) is 0 Å². The number of anilines is 2. The van der Waals surface area contributed by atoms with Gasteiger partial charge in [-0.25, -0.2) is 4.98 Å². The number of nitrogens with zero attached hydrogens (tertiary/aromatic N) is 5. The van der Waals surface area contributed by atoms with Gasteiger partial charge in [-0.3, -0.25) is 19.3 Å². The quantitative estimate of drug-likeness (QED) is 0.112. The number of ether oxygens (including phenoxy) is 3. The molecular formula is C44H59N7O7S. The topological polar surface area (TPSA) is 162 Å². The number of nitrogens with one attached hydrogen (secondary N) is 2. The van der Waals surface area contributed by atoms with Gasteiger partial charge in [0, 0.05) is 81.4 Å². The number of aryl methyl sites for hydroxylation is 3. The number of likely N-dealkylation sites (tertiary alicyclic amines) is 1. The van der Waals surface area contributed by atoms with Crippen LogP contribution in [0.5, 0.6) is 0 Å². The molecule has 8 rings (SSSR count). The highest BCUT2D eigenvalue weighted by Crippen LogP contribution is 2.34. The summed E-state index contributed by atoms with van der Waals surface area (Å²) in [6.45, 7) is 13.3. The van der Waals surface area contributed by atoms with Crippen LogP contribution in [0.1, 0.15) is 54.0 Å². The van der Waals surface area contributed by atoms with Crippen LogP contribution in [-0.4, -0.2) is 136 Å². The number of hydrogen-bond acceptors (Lipinski definition) is 12. The van der Waals surface area contributed by atoms with Gasteiger partial charge in [0.15, 0.2) is 0 Å². The summed E-state index contributed by atoms with van der Waals surface area (Å²) in [6.07, 6.45) is 7.75. The molecule has 3 saturated heterocycles. The first-order chi connectivity index (χ1) is 28.7. The zero-order valence-electron chi connectivity index (χ0n) is 34.2. The molecular weight excluding hydrogens is 771 g/mol. The molecule has 0 radical (unpaired) electrons. The van der Waals surface area contributed by atoms with E-state index in [1.165, 1.54) is 41.8 Å². The molecule has 0 saturated carbocycles. The molecule has 0 unspecified atom stereocenters. The number of carbonyl (C=O) groups is 1. The van der Waals surface area contributed by atoms with E-state index in [9.17, 15) is 13.2 Å². The molecule has 3 N–H and O–H groups in total. The fraction of sp³-hybridized carbons (Fsp3) is 0.523. The van der Waals surface area contributed by atoms with Crippen molar-refractivity contribution in [3.05, 3.63) is 89.2 Å². The Bertz CT molecular complexity index is 2050. The van der Waals surface area contributed by atoms with E-state index in [0.717, 1.165) is 133 Å². The maximum absolute atomic E-state index is 13.4. The highest BCUT2D eigenvalue weighted by molar-refractivity contribution is 7.85. The van der Waals surface area contributed by atoms with E-state index in [2.05, 4.69) is 60.5 Å². The Kier molecular flexibility index (Phi) is 15.0. The minimum atomic E-state index is -4.02. The van der Waals surface area contributed by atoms with Crippen molar-refractivity contribution in [3.63, 3.8) is 0 Å². The van der Waals surface area contributed by atoms with E-state index in [0.29, 0.717) is 18.9 Å². The lowest BCUT2D eigenvalue weighted by Gasteiger charge is -2.31. The first-order valence-corrected chi connectivity index (χ1v) is 22.5. The molecule has 4 aromatic rings. The molecule has 59 heavy (non-hydrogen) atoms. The Balaban J connectivity index is 0.000000417. The molecule has 6 heterocycles. The lowest BCUT2D eigenvalue weighted by molar-refractivity contribution is -0.144. The minimum Gasteiger partial charge on any atom is -0.464 e. The van der Waals surface area contributed by atoms with Gasteiger partial charge in [0.05, 0.1) is 43.4 Å². The van der Waals surface area contributed by atoms with E-state index in [1.807, 2.05) is 13.0 Å². The molecule has 318 valence electrons. The number of morpholine rings is 2. The monoisotopic (exact) mass is 829 g/mol. The maximum Gasteiger partial charge on any atom is 0.306 e. The summed E-state index contributed by atoms with van der Waals surface area (Å²) in [7, 11) is -4.02. The van der Waals surface area contributed by atoms with E-state index in [1.54, 1.807) is 18.3 Å². The van der Waals surface area contributed by atoms with Crippen molar-refractivity contribution in [1.82, 2.24) is 25.0 Å². The lowest BCUT2D eigenvalue weighted by Crippen LogP contribution is -2.38. The highest BCUT2D eigenvalue weighted by atomic mass is 32.2. The second-order valence-electron chi connectivity index (χ2n) is 16.0. The number of H-pyrrole nitrogens is 1. The van der Waals surface area contributed by atoms with Gasteiger partial charge in [-0.2, -0.15) is 13.5 Å². The molecule has 15 heteroatoms. The van der Waals surface area contributed by atoms with Crippen LogP contribution in [-0.2, 0) is 42.0 Å². The number of aromatic nitrogens is 3.